The minimum Gasteiger partial charge on any atom is -0.364 e. The van der Waals surface area contributed by atoms with Crippen molar-refractivity contribution < 1.29 is 4.79 Å². The number of hydrogen-bond acceptors (Lipinski definition) is 4. The molecule has 0 aliphatic heterocycles. The van der Waals surface area contributed by atoms with Gasteiger partial charge in [-0.3, -0.25) is 9.48 Å². The van der Waals surface area contributed by atoms with Gasteiger partial charge in [0.15, 0.2) is 5.69 Å². The van der Waals surface area contributed by atoms with Gasteiger partial charge in [-0.05, 0) is 19.4 Å². The van der Waals surface area contributed by atoms with E-state index in [4.69, 9.17) is 11.5 Å². The first kappa shape index (κ1) is 9.66. The molecule has 0 aliphatic rings. The van der Waals surface area contributed by atoms with Crippen LogP contribution in [0.15, 0.2) is 6.20 Å². The third kappa shape index (κ3) is 2.83. The van der Waals surface area contributed by atoms with Gasteiger partial charge in [-0.2, -0.15) is 0 Å². The van der Waals surface area contributed by atoms with Crippen molar-refractivity contribution in [2.75, 3.05) is 6.54 Å². The summed E-state index contributed by atoms with van der Waals surface area (Å²) in [6, 6.07) is 0. The number of aromatic nitrogens is 3. The maximum absolute atomic E-state index is 10.6. The number of aryl methyl sites for hydroxylation is 1. The predicted molar refractivity (Wildman–Crippen MR) is 46.8 cm³/mol. The Morgan fingerprint density at radius 2 is 2.31 bits per heavy atom. The predicted octanol–water partition coefficient (Wildman–Crippen LogP) is -0.884. The van der Waals surface area contributed by atoms with E-state index in [1.807, 2.05) is 0 Å². The highest BCUT2D eigenvalue weighted by Gasteiger charge is 2.04. The van der Waals surface area contributed by atoms with Crippen LogP contribution in [-0.4, -0.2) is 27.4 Å². The first-order chi connectivity index (χ1) is 6.24. The van der Waals surface area contributed by atoms with Crippen molar-refractivity contribution in [2.24, 2.45) is 11.5 Å². The second kappa shape index (κ2) is 4.56. The van der Waals surface area contributed by atoms with Gasteiger partial charge in [0.05, 0.1) is 6.20 Å². The molecule has 0 aliphatic carbocycles. The van der Waals surface area contributed by atoms with E-state index in [-0.39, 0.29) is 5.69 Å². The van der Waals surface area contributed by atoms with Crippen molar-refractivity contribution in [3.05, 3.63) is 11.9 Å². The number of rotatable bonds is 5. The van der Waals surface area contributed by atoms with Crippen LogP contribution in [0.3, 0.4) is 0 Å². The van der Waals surface area contributed by atoms with E-state index in [9.17, 15) is 4.79 Å². The topological polar surface area (TPSA) is 99.8 Å². The SMILES string of the molecule is NCCCCn1cc(C(N)=O)nn1. The lowest BCUT2D eigenvalue weighted by Gasteiger charge is -1.96. The number of carbonyl (C=O) groups is 1. The van der Waals surface area contributed by atoms with Crippen LogP contribution in [0.5, 0.6) is 0 Å². The molecule has 6 nitrogen and oxygen atoms in total. The van der Waals surface area contributed by atoms with Gasteiger partial charge >= 0.3 is 0 Å². The van der Waals surface area contributed by atoms with E-state index >= 15 is 0 Å². The summed E-state index contributed by atoms with van der Waals surface area (Å²) in [5.41, 5.74) is 10.5. The van der Waals surface area contributed by atoms with Gasteiger partial charge < -0.3 is 11.5 Å². The van der Waals surface area contributed by atoms with Crippen LogP contribution in [0.25, 0.3) is 0 Å². The molecular formula is C7H13N5O. The van der Waals surface area contributed by atoms with E-state index in [2.05, 4.69) is 10.3 Å². The Morgan fingerprint density at radius 3 is 2.85 bits per heavy atom. The number of nitrogens with two attached hydrogens (primary N) is 2. The fourth-order valence-corrected chi connectivity index (χ4v) is 0.939. The lowest BCUT2D eigenvalue weighted by molar-refractivity contribution is 0.0995. The second-order valence-electron chi connectivity index (χ2n) is 2.73. The number of unbranched alkanes of at least 4 members (excludes halogenated alkanes) is 1. The lowest BCUT2D eigenvalue weighted by Crippen LogP contribution is -2.11. The number of nitrogens with zero attached hydrogens (tertiary/aromatic N) is 3. The van der Waals surface area contributed by atoms with E-state index in [0.29, 0.717) is 6.54 Å². The second-order valence-corrected chi connectivity index (χ2v) is 2.73. The monoisotopic (exact) mass is 183 g/mol. The molecular weight excluding hydrogens is 170 g/mol. The molecule has 0 bridgehead atoms. The van der Waals surface area contributed by atoms with Gasteiger partial charge in [0.25, 0.3) is 5.91 Å². The molecule has 4 N–H and O–H groups in total. The van der Waals surface area contributed by atoms with E-state index < -0.39 is 5.91 Å². The molecule has 1 rings (SSSR count). The molecule has 0 atom stereocenters. The molecule has 1 aromatic heterocycles. The summed E-state index contributed by atoms with van der Waals surface area (Å²) >= 11 is 0. The minimum atomic E-state index is -0.551. The Morgan fingerprint density at radius 1 is 1.54 bits per heavy atom. The normalized spacial score (nSPS) is 10.2. The highest BCUT2D eigenvalue weighted by Crippen LogP contribution is 1.95. The first-order valence-electron chi connectivity index (χ1n) is 4.14. The Hall–Kier alpha value is -1.43. The van der Waals surface area contributed by atoms with Crippen LogP contribution >= 0.6 is 0 Å². The van der Waals surface area contributed by atoms with Crippen LogP contribution in [0, 0.1) is 0 Å². The average Bonchev–Trinajstić information content (AvgIpc) is 2.53. The molecule has 72 valence electrons. The largest absolute Gasteiger partial charge is 0.364 e. The van der Waals surface area contributed by atoms with E-state index in [1.165, 1.54) is 0 Å². The average molecular weight is 183 g/mol. The smallest absolute Gasteiger partial charge is 0.270 e. The van der Waals surface area contributed by atoms with Gasteiger partial charge in [-0.1, -0.05) is 5.21 Å². The van der Waals surface area contributed by atoms with Gasteiger partial charge in [0, 0.05) is 6.54 Å². The quantitative estimate of drug-likeness (QED) is 0.578. The summed E-state index contributed by atoms with van der Waals surface area (Å²) in [5, 5.41) is 7.34. The number of amides is 1. The first-order valence-corrected chi connectivity index (χ1v) is 4.14. The molecule has 0 aromatic carbocycles. The van der Waals surface area contributed by atoms with Gasteiger partial charge in [0.1, 0.15) is 0 Å². The zero-order valence-electron chi connectivity index (χ0n) is 7.31. The maximum atomic E-state index is 10.6. The highest BCUT2D eigenvalue weighted by atomic mass is 16.1. The Labute approximate surface area is 75.9 Å². The van der Waals surface area contributed by atoms with Crippen molar-refractivity contribution in [3.8, 4) is 0 Å². The van der Waals surface area contributed by atoms with Crippen molar-refractivity contribution in [2.45, 2.75) is 19.4 Å². The lowest BCUT2D eigenvalue weighted by atomic mass is 10.3. The Kier molecular flexibility index (Phi) is 3.39. The molecule has 1 heterocycles. The van der Waals surface area contributed by atoms with Crippen molar-refractivity contribution >= 4 is 5.91 Å². The summed E-state index contributed by atoms with van der Waals surface area (Å²) in [4.78, 5) is 10.6. The van der Waals surface area contributed by atoms with E-state index in [1.54, 1.807) is 10.9 Å². The van der Waals surface area contributed by atoms with Gasteiger partial charge in [-0.25, -0.2) is 0 Å². The molecule has 6 heteroatoms. The summed E-state index contributed by atoms with van der Waals surface area (Å²) in [6.07, 6.45) is 3.41. The molecule has 0 saturated carbocycles. The van der Waals surface area contributed by atoms with Crippen molar-refractivity contribution in [1.82, 2.24) is 15.0 Å². The molecule has 1 aromatic rings. The zero-order valence-corrected chi connectivity index (χ0v) is 7.31. The number of primary amides is 1. The third-order valence-electron chi connectivity index (χ3n) is 1.63. The standard InChI is InChI=1S/C7H13N5O/c8-3-1-2-4-12-5-6(7(9)13)10-11-12/h5H,1-4,8H2,(H2,9,13). The van der Waals surface area contributed by atoms with Gasteiger partial charge in [0.2, 0.25) is 0 Å². The van der Waals surface area contributed by atoms with Crippen LogP contribution in [0.2, 0.25) is 0 Å². The van der Waals surface area contributed by atoms with Crippen molar-refractivity contribution in [3.63, 3.8) is 0 Å². The molecule has 0 fully saturated rings. The molecule has 13 heavy (non-hydrogen) atoms. The minimum absolute atomic E-state index is 0.202. The van der Waals surface area contributed by atoms with Crippen LogP contribution in [0.4, 0.5) is 0 Å². The molecule has 1 amide bonds. The fraction of sp³-hybridized carbons (Fsp3) is 0.571. The maximum Gasteiger partial charge on any atom is 0.270 e. The van der Waals surface area contributed by atoms with Crippen molar-refractivity contribution in [1.29, 1.82) is 0 Å². The Bertz CT molecular complexity index is 282. The molecule has 0 saturated heterocycles. The molecule has 0 spiro atoms. The zero-order chi connectivity index (χ0) is 9.68. The fourth-order valence-electron chi connectivity index (χ4n) is 0.939. The third-order valence-corrected chi connectivity index (χ3v) is 1.63. The summed E-state index contributed by atoms with van der Waals surface area (Å²) in [5.74, 6) is -0.551. The number of carbonyl (C=O) groups excluding carboxylic acids is 1. The summed E-state index contributed by atoms with van der Waals surface area (Å²) < 4.78 is 1.59. The molecule has 0 radical (unpaired) electrons. The summed E-state index contributed by atoms with van der Waals surface area (Å²) in [6.45, 7) is 1.38. The van der Waals surface area contributed by atoms with Gasteiger partial charge in [-0.15, -0.1) is 5.10 Å². The van der Waals surface area contributed by atoms with Crippen LogP contribution in [-0.2, 0) is 6.54 Å². The number of hydrogen-bond donors (Lipinski definition) is 2. The van der Waals surface area contributed by atoms with Crippen LogP contribution < -0.4 is 11.5 Å². The highest BCUT2D eigenvalue weighted by molar-refractivity contribution is 5.90. The van der Waals surface area contributed by atoms with E-state index in [0.717, 1.165) is 19.4 Å². The Balaban J connectivity index is 2.44. The summed E-state index contributed by atoms with van der Waals surface area (Å²) in [7, 11) is 0. The molecule has 0 unspecified atom stereocenters. The van der Waals surface area contributed by atoms with Crippen LogP contribution in [0.1, 0.15) is 23.3 Å².